The highest BCUT2D eigenvalue weighted by molar-refractivity contribution is 8.69. The summed E-state index contributed by atoms with van der Waals surface area (Å²) in [4.78, 5) is 0. The zero-order valence-corrected chi connectivity index (χ0v) is 6.32. The minimum atomic E-state index is -0.984. The molecule has 3 unspecified atom stereocenters. The van der Waals surface area contributed by atoms with Crippen LogP contribution in [0, 0.1) is 0 Å². The van der Waals surface area contributed by atoms with Crippen molar-refractivity contribution in [3.63, 3.8) is 0 Å². The van der Waals surface area contributed by atoms with Crippen molar-refractivity contribution in [2.24, 2.45) is 0 Å². The Morgan fingerprint density at radius 1 is 1.44 bits per heavy atom. The summed E-state index contributed by atoms with van der Waals surface area (Å²) >= 11 is 0. The second kappa shape index (κ2) is 3.01. The third-order valence-corrected chi connectivity index (χ3v) is 4.08. The molecule has 1 fully saturated rings. The van der Waals surface area contributed by atoms with Gasteiger partial charge >= 0.3 is 0 Å². The summed E-state index contributed by atoms with van der Waals surface area (Å²) < 4.78 is 10.6. The largest absolute Gasteiger partial charge is 0.389 e. The van der Waals surface area contributed by atoms with Gasteiger partial charge in [0.25, 0.3) is 0 Å². The van der Waals surface area contributed by atoms with Crippen molar-refractivity contribution in [3.8, 4) is 0 Å². The number of hydrogen-bond donors (Lipinski definition) is 2. The molecule has 0 amide bonds. The van der Waals surface area contributed by atoms with E-state index in [1.54, 1.807) is 0 Å². The molecule has 3 atom stereocenters. The number of hydrogen-bond acceptors (Lipinski definition) is 4. The second-order valence-electron chi connectivity index (χ2n) is 1.89. The molecule has 2 N–H and O–H groups in total. The van der Waals surface area contributed by atoms with Gasteiger partial charge in [0.1, 0.15) is 0 Å². The van der Waals surface area contributed by atoms with Crippen molar-refractivity contribution in [3.05, 3.63) is 0 Å². The van der Waals surface area contributed by atoms with Crippen LogP contribution in [-0.4, -0.2) is 38.1 Å². The first-order valence-electron chi connectivity index (χ1n) is 2.58. The first-order chi connectivity index (χ1) is 4.20. The molecule has 54 valence electrons. The van der Waals surface area contributed by atoms with Gasteiger partial charge in [0.2, 0.25) is 0 Å². The summed E-state index contributed by atoms with van der Waals surface area (Å²) in [7, 11) is 0.208. The number of aliphatic hydroxyl groups is 2. The molecule has 9 heavy (non-hydrogen) atoms. The molecule has 1 heterocycles. The Kier molecular flexibility index (Phi) is 2.51. The van der Waals surface area contributed by atoms with Crippen LogP contribution in [0.5, 0.6) is 0 Å². The Bertz CT molecular complexity index is 127. The molecule has 5 heteroatoms. The predicted octanol–water partition coefficient (Wildman–Crippen LogP) is -0.881. The smallest absolute Gasteiger partial charge is 0.0931 e. The molecule has 1 aliphatic heterocycles. The van der Waals surface area contributed by atoms with Gasteiger partial charge < -0.3 is 10.2 Å². The Labute approximate surface area is 59.3 Å². The maximum atomic E-state index is 10.6. The van der Waals surface area contributed by atoms with Gasteiger partial charge in [0.15, 0.2) is 0 Å². The Hall–Kier alpha value is 0.420. The Morgan fingerprint density at radius 2 is 2.11 bits per heavy atom. The molecule has 0 aromatic carbocycles. The van der Waals surface area contributed by atoms with Crippen LogP contribution in [0.2, 0.25) is 0 Å². The maximum absolute atomic E-state index is 10.6. The molecule has 0 aromatic heterocycles. The summed E-state index contributed by atoms with van der Waals surface area (Å²) in [6.45, 7) is 0. The van der Waals surface area contributed by atoms with Crippen molar-refractivity contribution in [2.45, 2.75) is 12.2 Å². The topological polar surface area (TPSA) is 57.5 Å². The SMILES string of the molecule is O=S1CC(O)C(O)CS1. The summed E-state index contributed by atoms with van der Waals surface area (Å²) in [5, 5.41) is 17.8. The third kappa shape index (κ3) is 1.93. The van der Waals surface area contributed by atoms with E-state index in [0.717, 1.165) is 0 Å². The third-order valence-electron chi connectivity index (χ3n) is 1.12. The molecule has 1 aliphatic rings. The summed E-state index contributed by atoms with van der Waals surface area (Å²) in [6.07, 6.45) is -1.47. The van der Waals surface area contributed by atoms with E-state index >= 15 is 0 Å². The van der Waals surface area contributed by atoms with Crippen LogP contribution in [0.4, 0.5) is 0 Å². The number of rotatable bonds is 0. The first-order valence-corrected chi connectivity index (χ1v) is 5.40. The molecule has 0 spiro atoms. The molecule has 3 nitrogen and oxygen atoms in total. The Morgan fingerprint density at radius 3 is 2.56 bits per heavy atom. The minimum absolute atomic E-state index is 0.200. The fourth-order valence-corrected chi connectivity index (χ4v) is 3.25. The molecule has 0 bridgehead atoms. The Balaban J connectivity index is 2.44. The van der Waals surface area contributed by atoms with Crippen LogP contribution in [0.25, 0.3) is 0 Å². The van der Waals surface area contributed by atoms with Crippen molar-refractivity contribution in [1.29, 1.82) is 0 Å². The number of aliphatic hydroxyl groups excluding tert-OH is 2. The van der Waals surface area contributed by atoms with Crippen LogP contribution < -0.4 is 0 Å². The van der Waals surface area contributed by atoms with Gasteiger partial charge in [-0.05, 0) is 0 Å². The summed E-state index contributed by atoms with van der Waals surface area (Å²) in [5.41, 5.74) is 0. The quantitative estimate of drug-likeness (QED) is 0.461. The van der Waals surface area contributed by atoms with Crippen molar-refractivity contribution in [2.75, 3.05) is 11.5 Å². The average Bonchev–Trinajstić information content (AvgIpc) is 1.80. The summed E-state index contributed by atoms with van der Waals surface area (Å²) in [6, 6.07) is 0. The zero-order chi connectivity index (χ0) is 6.85. The van der Waals surface area contributed by atoms with E-state index in [2.05, 4.69) is 0 Å². The van der Waals surface area contributed by atoms with Crippen LogP contribution >= 0.6 is 10.8 Å². The average molecular weight is 168 g/mol. The molecule has 0 saturated carbocycles. The van der Waals surface area contributed by atoms with Crippen LogP contribution in [-0.2, 0) is 9.83 Å². The molecule has 1 saturated heterocycles. The predicted molar refractivity (Wildman–Crippen MR) is 37.5 cm³/mol. The van der Waals surface area contributed by atoms with Gasteiger partial charge in [-0.15, -0.1) is 0 Å². The molecular formula is C4H8O3S2. The van der Waals surface area contributed by atoms with Crippen molar-refractivity contribution in [1.82, 2.24) is 0 Å². The summed E-state index contributed by atoms with van der Waals surface area (Å²) in [5.74, 6) is 0.583. The lowest BCUT2D eigenvalue weighted by atomic mass is 10.3. The van der Waals surface area contributed by atoms with Gasteiger partial charge in [-0.2, -0.15) is 0 Å². The highest BCUT2D eigenvalue weighted by Gasteiger charge is 2.25. The van der Waals surface area contributed by atoms with E-state index < -0.39 is 22.0 Å². The van der Waals surface area contributed by atoms with Gasteiger partial charge in [0, 0.05) is 5.75 Å². The highest BCUT2D eigenvalue weighted by Crippen LogP contribution is 2.18. The van der Waals surface area contributed by atoms with Crippen molar-refractivity contribution < 1.29 is 14.4 Å². The van der Waals surface area contributed by atoms with Gasteiger partial charge in [0.05, 0.1) is 27.8 Å². The molecule has 0 aliphatic carbocycles. The lowest BCUT2D eigenvalue weighted by molar-refractivity contribution is 0.0487. The second-order valence-corrected chi connectivity index (χ2v) is 5.22. The fraction of sp³-hybridized carbons (Fsp3) is 1.00. The van der Waals surface area contributed by atoms with E-state index in [-0.39, 0.29) is 5.75 Å². The van der Waals surface area contributed by atoms with Gasteiger partial charge in [-0.3, -0.25) is 0 Å². The van der Waals surface area contributed by atoms with Crippen molar-refractivity contribution >= 4 is 20.6 Å². The van der Waals surface area contributed by atoms with E-state index in [4.69, 9.17) is 10.2 Å². The molecule has 0 aromatic rings. The monoisotopic (exact) mass is 168 g/mol. The molecular weight excluding hydrogens is 160 g/mol. The maximum Gasteiger partial charge on any atom is 0.0931 e. The van der Waals surface area contributed by atoms with Gasteiger partial charge in [-0.1, -0.05) is 10.8 Å². The lowest BCUT2D eigenvalue weighted by Crippen LogP contribution is -2.36. The highest BCUT2D eigenvalue weighted by atomic mass is 33.1. The van der Waals surface area contributed by atoms with Crippen LogP contribution in [0.1, 0.15) is 0 Å². The van der Waals surface area contributed by atoms with E-state index in [1.807, 2.05) is 0 Å². The van der Waals surface area contributed by atoms with E-state index in [0.29, 0.717) is 5.75 Å². The zero-order valence-electron chi connectivity index (χ0n) is 4.69. The fourth-order valence-electron chi connectivity index (χ4n) is 0.555. The molecule has 0 radical (unpaired) electrons. The van der Waals surface area contributed by atoms with E-state index in [1.165, 1.54) is 10.8 Å². The lowest BCUT2D eigenvalue weighted by Gasteiger charge is -2.21. The van der Waals surface area contributed by atoms with Crippen LogP contribution in [0.3, 0.4) is 0 Å². The minimum Gasteiger partial charge on any atom is -0.389 e. The van der Waals surface area contributed by atoms with E-state index in [9.17, 15) is 4.21 Å². The normalized spacial score (nSPS) is 44.9. The van der Waals surface area contributed by atoms with Gasteiger partial charge in [-0.25, -0.2) is 4.21 Å². The van der Waals surface area contributed by atoms with Crippen LogP contribution in [0.15, 0.2) is 0 Å². The standard InChI is InChI=1S/C4H8O3S2/c5-3-1-8-9(7)2-4(3)6/h3-6H,1-2H2. The molecule has 1 rings (SSSR count). The first kappa shape index (κ1) is 7.53.